The number of halogens is 2. The highest BCUT2D eigenvalue weighted by atomic mass is 35.5. The second-order valence-corrected chi connectivity index (χ2v) is 2.00. The number of nitrogens with zero attached hydrogens (tertiary/aromatic N) is 1. The van der Waals surface area contributed by atoms with E-state index in [2.05, 4.69) is 16.5 Å². The van der Waals surface area contributed by atoms with E-state index >= 15 is 0 Å². The first-order valence-corrected chi connectivity index (χ1v) is 3.16. The Morgan fingerprint density at radius 1 is 1.42 bits per heavy atom. The van der Waals surface area contributed by atoms with Crippen molar-refractivity contribution in [1.82, 2.24) is 4.98 Å². The highest BCUT2D eigenvalue weighted by Gasteiger charge is 1.76. The van der Waals surface area contributed by atoms with E-state index in [9.17, 15) is 0 Å². The van der Waals surface area contributed by atoms with E-state index in [1.807, 2.05) is 12.1 Å². The van der Waals surface area contributed by atoms with Gasteiger partial charge in [-0.05, 0) is 12.1 Å². The zero-order valence-corrected chi connectivity index (χ0v) is 7.77. The maximum absolute atomic E-state index is 6.06. The Bertz CT molecular complexity index is 210. The van der Waals surface area contributed by atoms with E-state index in [1.165, 1.54) is 0 Å². The van der Waals surface area contributed by atoms with Crippen LogP contribution in [0.2, 0.25) is 5.15 Å². The molecular weight excluding hydrogens is 199 g/mol. The standard InChI is InChI=1S/C5H4ClN.CH5N3.ClH/c6-5-3-1-2-4-7-5;2-1(3)4;/h1-4H;(H5,2,3,4);1H. The molecule has 1 rings (SSSR count). The minimum atomic E-state index is -0.333. The fraction of sp³-hybridized carbons (Fsp3) is 0. The van der Waals surface area contributed by atoms with Crippen molar-refractivity contribution in [2.75, 3.05) is 0 Å². The molecule has 0 bridgehead atoms. The molecule has 12 heavy (non-hydrogen) atoms. The second kappa shape index (κ2) is 8.10. The summed E-state index contributed by atoms with van der Waals surface area (Å²) in [6.45, 7) is 0. The number of pyridine rings is 1. The Hall–Kier alpha value is -1.00. The third kappa shape index (κ3) is 11.8. The first kappa shape index (κ1) is 13.6. The molecule has 0 amide bonds. The van der Waals surface area contributed by atoms with Crippen molar-refractivity contribution in [2.24, 2.45) is 11.5 Å². The Balaban J connectivity index is 0. The van der Waals surface area contributed by atoms with Crippen molar-refractivity contribution in [3.8, 4) is 0 Å². The Labute approximate surface area is 81.8 Å². The quantitative estimate of drug-likeness (QED) is 0.338. The van der Waals surface area contributed by atoms with Gasteiger partial charge >= 0.3 is 0 Å². The van der Waals surface area contributed by atoms with Crippen LogP contribution in [0.1, 0.15) is 0 Å². The van der Waals surface area contributed by atoms with Crippen molar-refractivity contribution < 1.29 is 0 Å². The average molecular weight is 209 g/mol. The van der Waals surface area contributed by atoms with Gasteiger partial charge in [-0.25, -0.2) is 4.98 Å². The second-order valence-electron chi connectivity index (χ2n) is 1.61. The van der Waals surface area contributed by atoms with Crippen LogP contribution in [-0.4, -0.2) is 10.9 Å². The van der Waals surface area contributed by atoms with Gasteiger partial charge in [0.05, 0.1) is 0 Å². The SMILES string of the molecule is Cl.Clc1ccccn1.N=C(N)N. The van der Waals surface area contributed by atoms with E-state index in [1.54, 1.807) is 12.3 Å². The van der Waals surface area contributed by atoms with Crippen molar-refractivity contribution in [3.63, 3.8) is 0 Å². The van der Waals surface area contributed by atoms with Gasteiger partial charge in [0.2, 0.25) is 0 Å². The van der Waals surface area contributed by atoms with Crippen LogP contribution in [0.5, 0.6) is 0 Å². The molecule has 0 radical (unpaired) electrons. The summed E-state index contributed by atoms with van der Waals surface area (Å²) in [5.41, 5.74) is 8.94. The molecule has 1 aromatic heterocycles. The summed E-state index contributed by atoms with van der Waals surface area (Å²) in [6.07, 6.45) is 1.66. The largest absolute Gasteiger partial charge is 0.370 e. The van der Waals surface area contributed by atoms with Gasteiger partial charge in [0.15, 0.2) is 5.96 Å². The average Bonchev–Trinajstić information content (AvgIpc) is 1.87. The molecule has 0 spiro atoms. The molecule has 0 atom stereocenters. The molecule has 0 fully saturated rings. The van der Waals surface area contributed by atoms with E-state index in [0.29, 0.717) is 5.15 Å². The van der Waals surface area contributed by atoms with Gasteiger partial charge in [0.1, 0.15) is 5.15 Å². The maximum Gasteiger partial charge on any atom is 0.183 e. The summed E-state index contributed by atoms with van der Waals surface area (Å²) in [5.74, 6) is -0.333. The van der Waals surface area contributed by atoms with Gasteiger partial charge in [-0.2, -0.15) is 0 Å². The molecule has 0 unspecified atom stereocenters. The Kier molecular flexibility index (Phi) is 9.17. The fourth-order valence-electron chi connectivity index (χ4n) is 0.342. The first-order valence-electron chi connectivity index (χ1n) is 2.79. The van der Waals surface area contributed by atoms with Crippen molar-refractivity contribution in [3.05, 3.63) is 29.5 Å². The topological polar surface area (TPSA) is 88.8 Å². The predicted molar refractivity (Wildman–Crippen MR) is 52.6 cm³/mol. The molecular formula is C6H10Cl2N4. The monoisotopic (exact) mass is 208 g/mol. The van der Waals surface area contributed by atoms with Crippen LogP contribution in [0.3, 0.4) is 0 Å². The highest BCUT2D eigenvalue weighted by Crippen LogP contribution is 1.98. The van der Waals surface area contributed by atoms with Crippen LogP contribution in [0.25, 0.3) is 0 Å². The van der Waals surface area contributed by atoms with Crippen molar-refractivity contribution >= 4 is 30.0 Å². The van der Waals surface area contributed by atoms with Crippen molar-refractivity contribution in [2.45, 2.75) is 0 Å². The van der Waals surface area contributed by atoms with Crippen LogP contribution in [0.4, 0.5) is 0 Å². The lowest BCUT2D eigenvalue weighted by Gasteiger charge is -1.79. The summed E-state index contributed by atoms with van der Waals surface area (Å²) < 4.78 is 0. The molecule has 68 valence electrons. The molecule has 1 heterocycles. The zero-order chi connectivity index (χ0) is 8.69. The molecule has 0 saturated carbocycles. The van der Waals surface area contributed by atoms with Gasteiger partial charge in [0.25, 0.3) is 0 Å². The number of nitrogens with one attached hydrogen (secondary N) is 1. The molecule has 0 aliphatic carbocycles. The molecule has 5 N–H and O–H groups in total. The van der Waals surface area contributed by atoms with E-state index in [0.717, 1.165) is 0 Å². The van der Waals surface area contributed by atoms with Crippen molar-refractivity contribution in [1.29, 1.82) is 5.41 Å². The number of nitrogens with two attached hydrogens (primary N) is 2. The number of aromatic nitrogens is 1. The van der Waals surface area contributed by atoms with E-state index < -0.39 is 0 Å². The van der Waals surface area contributed by atoms with E-state index in [-0.39, 0.29) is 18.4 Å². The van der Waals surface area contributed by atoms with Crippen LogP contribution in [0.15, 0.2) is 24.4 Å². The summed E-state index contributed by atoms with van der Waals surface area (Å²) in [7, 11) is 0. The third-order valence-electron chi connectivity index (χ3n) is 0.629. The number of rotatable bonds is 0. The number of hydrogen-bond donors (Lipinski definition) is 3. The molecule has 6 heteroatoms. The normalized spacial score (nSPS) is 7.08. The van der Waals surface area contributed by atoms with E-state index in [4.69, 9.17) is 17.0 Å². The first-order chi connectivity index (χ1) is 5.13. The minimum Gasteiger partial charge on any atom is -0.370 e. The van der Waals surface area contributed by atoms with Gasteiger partial charge < -0.3 is 11.5 Å². The molecule has 0 saturated heterocycles. The third-order valence-corrected chi connectivity index (χ3v) is 0.852. The van der Waals surface area contributed by atoms with Gasteiger partial charge in [-0.3, -0.25) is 5.41 Å². The minimum absolute atomic E-state index is 0. The zero-order valence-electron chi connectivity index (χ0n) is 6.20. The van der Waals surface area contributed by atoms with Crippen LogP contribution < -0.4 is 11.5 Å². The van der Waals surface area contributed by atoms with Crippen LogP contribution in [-0.2, 0) is 0 Å². The van der Waals surface area contributed by atoms with Gasteiger partial charge in [0, 0.05) is 6.20 Å². The molecule has 4 nitrogen and oxygen atoms in total. The smallest absolute Gasteiger partial charge is 0.183 e. The van der Waals surface area contributed by atoms with Crippen LogP contribution in [0, 0.1) is 5.41 Å². The Morgan fingerprint density at radius 3 is 2.08 bits per heavy atom. The summed E-state index contributed by atoms with van der Waals surface area (Å²) in [4.78, 5) is 3.74. The molecule has 0 aromatic carbocycles. The predicted octanol–water partition coefficient (Wildman–Crippen LogP) is 0.995. The lowest BCUT2D eigenvalue weighted by molar-refractivity contribution is 1.33. The lowest BCUT2D eigenvalue weighted by Crippen LogP contribution is -2.20. The summed E-state index contributed by atoms with van der Waals surface area (Å²) in [6, 6.07) is 5.41. The Morgan fingerprint density at radius 2 is 1.92 bits per heavy atom. The van der Waals surface area contributed by atoms with Gasteiger partial charge in [-0.1, -0.05) is 17.7 Å². The fourth-order valence-corrected chi connectivity index (χ4v) is 0.471. The molecule has 0 aliphatic heterocycles. The summed E-state index contributed by atoms with van der Waals surface area (Å²) >= 11 is 5.43. The molecule has 0 aliphatic rings. The summed E-state index contributed by atoms with van der Waals surface area (Å²) in [5, 5.41) is 6.60. The number of guanidine groups is 1. The number of hydrogen-bond acceptors (Lipinski definition) is 2. The highest BCUT2D eigenvalue weighted by molar-refractivity contribution is 6.29. The molecule has 1 aromatic rings. The van der Waals surface area contributed by atoms with Crippen LogP contribution >= 0.6 is 24.0 Å². The lowest BCUT2D eigenvalue weighted by atomic mass is 10.5. The van der Waals surface area contributed by atoms with Gasteiger partial charge in [-0.15, -0.1) is 12.4 Å². The maximum atomic E-state index is 6.06.